The zero-order chi connectivity index (χ0) is 15.8. The largest absolute Gasteiger partial charge is 0.335 e. The summed E-state index contributed by atoms with van der Waals surface area (Å²) in [5, 5.41) is 0. The SMILES string of the molecule is CCN1CCN(C(=O)c2cc3c(s2)-c2ccccc2CC3)CC1. The van der Waals surface area contributed by atoms with E-state index in [9.17, 15) is 4.79 Å². The van der Waals surface area contributed by atoms with Gasteiger partial charge in [-0.3, -0.25) is 4.79 Å². The summed E-state index contributed by atoms with van der Waals surface area (Å²) in [6.45, 7) is 6.96. The Labute approximate surface area is 141 Å². The van der Waals surface area contributed by atoms with Crippen LogP contribution in [0, 0.1) is 0 Å². The van der Waals surface area contributed by atoms with Gasteiger partial charge in [0.25, 0.3) is 5.91 Å². The van der Waals surface area contributed by atoms with Crippen molar-refractivity contribution in [2.45, 2.75) is 19.8 Å². The van der Waals surface area contributed by atoms with E-state index in [0.29, 0.717) is 0 Å². The van der Waals surface area contributed by atoms with Crippen LogP contribution in [-0.2, 0) is 12.8 Å². The molecule has 0 unspecified atom stereocenters. The Balaban J connectivity index is 1.58. The number of rotatable bonds is 2. The highest BCUT2D eigenvalue weighted by atomic mass is 32.1. The first kappa shape index (κ1) is 14.9. The Kier molecular flexibility index (Phi) is 3.95. The van der Waals surface area contributed by atoms with Gasteiger partial charge in [0.1, 0.15) is 0 Å². The van der Waals surface area contributed by atoms with Gasteiger partial charge in [0, 0.05) is 31.1 Å². The number of aryl methyl sites for hydroxylation is 2. The van der Waals surface area contributed by atoms with Gasteiger partial charge < -0.3 is 9.80 Å². The minimum atomic E-state index is 0.220. The summed E-state index contributed by atoms with van der Waals surface area (Å²) in [5.74, 6) is 0.220. The van der Waals surface area contributed by atoms with Crippen LogP contribution in [0.2, 0.25) is 0 Å². The summed E-state index contributed by atoms with van der Waals surface area (Å²) in [5.41, 5.74) is 4.09. The Hall–Kier alpha value is -1.65. The van der Waals surface area contributed by atoms with E-state index in [1.165, 1.54) is 21.6 Å². The molecule has 0 radical (unpaired) electrons. The molecule has 1 aromatic carbocycles. The Bertz CT molecular complexity index is 729. The molecule has 2 heterocycles. The van der Waals surface area contributed by atoms with E-state index >= 15 is 0 Å². The second-order valence-corrected chi connectivity index (χ2v) is 7.40. The van der Waals surface area contributed by atoms with Gasteiger partial charge in [0.2, 0.25) is 0 Å². The molecule has 0 atom stereocenters. The summed E-state index contributed by atoms with van der Waals surface area (Å²) in [6.07, 6.45) is 2.14. The number of carbonyl (C=O) groups excluding carboxylic acids is 1. The van der Waals surface area contributed by atoms with E-state index in [4.69, 9.17) is 0 Å². The Morgan fingerprint density at radius 3 is 2.61 bits per heavy atom. The van der Waals surface area contributed by atoms with E-state index in [2.05, 4.69) is 42.2 Å². The van der Waals surface area contributed by atoms with Gasteiger partial charge in [-0.2, -0.15) is 0 Å². The van der Waals surface area contributed by atoms with E-state index < -0.39 is 0 Å². The lowest BCUT2D eigenvalue weighted by Crippen LogP contribution is -2.48. The van der Waals surface area contributed by atoms with E-state index in [1.54, 1.807) is 11.3 Å². The number of likely N-dealkylation sites (N-methyl/N-ethyl adjacent to an activating group) is 1. The Morgan fingerprint density at radius 1 is 1.09 bits per heavy atom. The van der Waals surface area contributed by atoms with Crippen LogP contribution < -0.4 is 0 Å². The molecule has 1 fully saturated rings. The second-order valence-electron chi connectivity index (χ2n) is 6.35. The van der Waals surface area contributed by atoms with Crippen molar-refractivity contribution in [2.75, 3.05) is 32.7 Å². The first-order chi connectivity index (χ1) is 11.3. The topological polar surface area (TPSA) is 23.6 Å². The van der Waals surface area contributed by atoms with Crippen molar-refractivity contribution in [3.05, 3.63) is 46.3 Å². The molecule has 1 saturated heterocycles. The molecule has 1 aliphatic heterocycles. The maximum atomic E-state index is 12.8. The summed E-state index contributed by atoms with van der Waals surface area (Å²) < 4.78 is 0. The lowest BCUT2D eigenvalue weighted by Gasteiger charge is -2.33. The van der Waals surface area contributed by atoms with Crippen molar-refractivity contribution < 1.29 is 4.79 Å². The number of thiophene rings is 1. The number of carbonyl (C=O) groups is 1. The number of hydrogen-bond donors (Lipinski definition) is 0. The fourth-order valence-electron chi connectivity index (χ4n) is 3.60. The van der Waals surface area contributed by atoms with Gasteiger partial charge in [0.15, 0.2) is 0 Å². The number of benzene rings is 1. The number of piperazine rings is 1. The van der Waals surface area contributed by atoms with Crippen LogP contribution in [0.15, 0.2) is 30.3 Å². The molecule has 1 amide bonds. The monoisotopic (exact) mass is 326 g/mol. The molecule has 4 rings (SSSR count). The summed E-state index contributed by atoms with van der Waals surface area (Å²) in [6, 6.07) is 10.8. The van der Waals surface area contributed by atoms with Crippen molar-refractivity contribution in [1.82, 2.24) is 9.80 Å². The van der Waals surface area contributed by atoms with Crippen molar-refractivity contribution in [3.63, 3.8) is 0 Å². The minimum absolute atomic E-state index is 0.220. The molecule has 4 heteroatoms. The molecule has 0 spiro atoms. The molecule has 23 heavy (non-hydrogen) atoms. The molecule has 2 aromatic rings. The van der Waals surface area contributed by atoms with Gasteiger partial charge in [-0.15, -0.1) is 11.3 Å². The van der Waals surface area contributed by atoms with E-state index in [1.807, 2.05) is 4.90 Å². The van der Waals surface area contributed by atoms with Crippen molar-refractivity contribution in [1.29, 1.82) is 0 Å². The zero-order valence-corrected chi connectivity index (χ0v) is 14.4. The summed E-state index contributed by atoms with van der Waals surface area (Å²) >= 11 is 1.68. The van der Waals surface area contributed by atoms with Crippen LogP contribution in [0.4, 0.5) is 0 Å². The lowest BCUT2D eigenvalue weighted by molar-refractivity contribution is 0.0648. The van der Waals surface area contributed by atoms with Crippen LogP contribution in [-0.4, -0.2) is 48.4 Å². The van der Waals surface area contributed by atoms with Gasteiger partial charge in [-0.25, -0.2) is 0 Å². The van der Waals surface area contributed by atoms with Gasteiger partial charge >= 0.3 is 0 Å². The van der Waals surface area contributed by atoms with Crippen molar-refractivity contribution in [3.8, 4) is 10.4 Å². The molecule has 0 N–H and O–H groups in total. The molecule has 0 saturated carbocycles. The smallest absolute Gasteiger partial charge is 0.264 e. The zero-order valence-electron chi connectivity index (χ0n) is 13.5. The average Bonchev–Trinajstić information content (AvgIpc) is 3.06. The maximum absolute atomic E-state index is 12.8. The molecular weight excluding hydrogens is 304 g/mol. The predicted octanol–water partition coefficient (Wildman–Crippen LogP) is 3.29. The van der Waals surface area contributed by atoms with Crippen LogP contribution in [0.1, 0.15) is 27.7 Å². The highest BCUT2D eigenvalue weighted by Gasteiger charge is 2.26. The first-order valence-corrected chi connectivity index (χ1v) is 9.30. The molecule has 0 bridgehead atoms. The summed E-state index contributed by atoms with van der Waals surface area (Å²) in [7, 11) is 0. The molecule has 2 aliphatic rings. The van der Waals surface area contributed by atoms with Crippen molar-refractivity contribution >= 4 is 17.2 Å². The van der Waals surface area contributed by atoms with Gasteiger partial charge in [0.05, 0.1) is 4.88 Å². The standard InChI is InChI=1S/C19H22N2OS/c1-2-20-9-11-21(12-10-20)19(22)17-13-15-8-7-14-5-3-4-6-16(14)18(15)23-17/h3-6,13H,2,7-12H2,1H3. The van der Waals surface area contributed by atoms with Gasteiger partial charge in [-0.05, 0) is 42.1 Å². The molecule has 120 valence electrons. The maximum Gasteiger partial charge on any atom is 0.264 e. The van der Waals surface area contributed by atoms with Crippen molar-refractivity contribution in [2.24, 2.45) is 0 Å². The molecule has 3 nitrogen and oxygen atoms in total. The number of hydrogen-bond acceptors (Lipinski definition) is 3. The number of fused-ring (bicyclic) bond motifs is 3. The quantitative estimate of drug-likeness (QED) is 0.845. The predicted molar refractivity (Wildman–Crippen MR) is 95.2 cm³/mol. The molecule has 1 aliphatic carbocycles. The number of nitrogens with zero attached hydrogens (tertiary/aromatic N) is 2. The second kappa shape index (κ2) is 6.10. The Morgan fingerprint density at radius 2 is 1.83 bits per heavy atom. The third-order valence-electron chi connectivity index (χ3n) is 5.05. The number of amides is 1. The molecule has 1 aromatic heterocycles. The van der Waals surface area contributed by atoms with Crippen LogP contribution in [0.5, 0.6) is 0 Å². The third-order valence-corrected chi connectivity index (χ3v) is 6.25. The summed E-state index contributed by atoms with van der Waals surface area (Å²) in [4.78, 5) is 19.5. The first-order valence-electron chi connectivity index (χ1n) is 8.49. The minimum Gasteiger partial charge on any atom is -0.335 e. The van der Waals surface area contributed by atoms with E-state index in [0.717, 1.165) is 50.4 Å². The highest BCUT2D eigenvalue weighted by molar-refractivity contribution is 7.17. The van der Waals surface area contributed by atoms with Crippen LogP contribution in [0.25, 0.3) is 10.4 Å². The lowest BCUT2D eigenvalue weighted by atomic mass is 9.91. The fraction of sp³-hybridized carbons (Fsp3) is 0.421. The average molecular weight is 326 g/mol. The normalized spacial score (nSPS) is 17.7. The van der Waals surface area contributed by atoms with E-state index in [-0.39, 0.29) is 5.91 Å². The third kappa shape index (κ3) is 2.70. The molecular formula is C19H22N2OS. The highest BCUT2D eigenvalue weighted by Crippen LogP contribution is 2.39. The van der Waals surface area contributed by atoms with Crippen LogP contribution in [0.3, 0.4) is 0 Å². The van der Waals surface area contributed by atoms with Crippen LogP contribution >= 0.6 is 11.3 Å². The fourth-order valence-corrected chi connectivity index (χ4v) is 4.84. The van der Waals surface area contributed by atoms with Gasteiger partial charge in [-0.1, -0.05) is 31.2 Å².